The van der Waals surface area contributed by atoms with Crippen molar-refractivity contribution in [2.45, 2.75) is 0 Å². The Balaban J connectivity index is 1.22. The lowest BCUT2D eigenvalue weighted by molar-refractivity contribution is 1.81. The highest BCUT2D eigenvalue weighted by Crippen LogP contribution is 2.47. The van der Waals surface area contributed by atoms with Crippen LogP contribution < -0.4 is 0 Å². The van der Waals surface area contributed by atoms with Gasteiger partial charge in [-0.2, -0.15) is 0 Å². The molecule has 0 saturated heterocycles. The van der Waals surface area contributed by atoms with E-state index in [9.17, 15) is 0 Å². The van der Waals surface area contributed by atoms with Crippen molar-refractivity contribution in [2.75, 3.05) is 0 Å². The van der Waals surface area contributed by atoms with Crippen LogP contribution in [-0.2, 0) is 0 Å². The first-order valence-electron chi connectivity index (χ1n) is 11.2. The lowest BCUT2D eigenvalue weighted by atomic mass is 10.1. The summed E-state index contributed by atoms with van der Waals surface area (Å²) in [5, 5.41) is 8.06. The molecule has 4 aromatic heterocycles. The fraction of sp³-hybridized carbons (Fsp3) is 0. The molecular formula is C30H16S4. The topological polar surface area (TPSA) is 0 Å². The Kier molecular flexibility index (Phi) is 4.11. The van der Waals surface area contributed by atoms with Crippen LogP contribution in [0, 0.1) is 0 Å². The number of hydrogen-bond acceptors (Lipinski definition) is 4. The van der Waals surface area contributed by atoms with Crippen LogP contribution >= 0.6 is 45.3 Å². The molecule has 0 nitrogen and oxygen atoms in total. The van der Waals surface area contributed by atoms with Crippen LogP contribution in [0.3, 0.4) is 0 Å². The second kappa shape index (κ2) is 7.24. The van der Waals surface area contributed by atoms with Crippen LogP contribution in [0.1, 0.15) is 0 Å². The maximum absolute atomic E-state index is 2.39. The Labute approximate surface area is 212 Å². The van der Waals surface area contributed by atoms with Gasteiger partial charge in [0, 0.05) is 49.1 Å². The minimum Gasteiger partial charge on any atom is -0.134 e. The lowest BCUT2D eigenvalue weighted by Crippen LogP contribution is -1.71. The third-order valence-electron chi connectivity index (χ3n) is 6.54. The Hall–Kier alpha value is -3.02. The number of thiophene rings is 4. The van der Waals surface area contributed by atoms with Crippen molar-refractivity contribution in [3.63, 3.8) is 0 Å². The van der Waals surface area contributed by atoms with E-state index in [1.54, 1.807) is 0 Å². The molecule has 0 aliphatic rings. The van der Waals surface area contributed by atoms with Crippen LogP contribution in [0.5, 0.6) is 0 Å². The number of rotatable bonds is 2. The van der Waals surface area contributed by atoms with Gasteiger partial charge in [0.25, 0.3) is 0 Å². The first kappa shape index (κ1) is 19.3. The summed E-state index contributed by atoms with van der Waals surface area (Å²) in [6.07, 6.45) is 0. The summed E-state index contributed by atoms with van der Waals surface area (Å²) in [6, 6.07) is 36.0. The van der Waals surface area contributed by atoms with Crippen molar-refractivity contribution >= 4 is 96.5 Å². The number of hydrogen-bond donors (Lipinski definition) is 0. The molecule has 0 aliphatic heterocycles. The molecular weight excluding hydrogens is 489 g/mol. The zero-order chi connectivity index (χ0) is 22.2. The molecule has 0 N–H and O–H groups in total. The lowest BCUT2D eigenvalue weighted by Gasteiger charge is -1.97. The molecule has 0 fully saturated rings. The molecule has 4 heterocycles. The van der Waals surface area contributed by atoms with Crippen LogP contribution in [-0.4, -0.2) is 0 Å². The van der Waals surface area contributed by atoms with Crippen molar-refractivity contribution in [1.29, 1.82) is 0 Å². The SMILES string of the molecule is c1ccc2c(c1)ccc1sc(-c3cc4sc(-c5cc6c(ccc7ccccc76)s5)cc4s3)cc12. The largest absolute Gasteiger partial charge is 0.134 e. The van der Waals surface area contributed by atoms with E-state index in [2.05, 4.69) is 97.1 Å². The third kappa shape index (κ3) is 2.87. The molecule has 0 aliphatic carbocycles. The highest BCUT2D eigenvalue weighted by molar-refractivity contribution is 7.34. The van der Waals surface area contributed by atoms with Crippen molar-refractivity contribution < 1.29 is 0 Å². The van der Waals surface area contributed by atoms with Gasteiger partial charge in [0.15, 0.2) is 0 Å². The van der Waals surface area contributed by atoms with Crippen LogP contribution in [0.25, 0.3) is 70.6 Å². The molecule has 0 saturated carbocycles. The maximum atomic E-state index is 2.39. The third-order valence-corrected chi connectivity index (χ3v) is 11.4. The van der Waals surface area contributed by atoms with E-state index >= 15 is 0 Å². The minimum absolute atomic E-state index is 1.31. The van der Waals surface area contributed by atoms with E-state index in [0.717, 1.165) is 0 Å². The molecule has 0 amide bonds. The Bertz CT molecular complexity index is 1850. The van der Waals surface area contributed by atoms with Gasteiger partial charge in [-0.15, -0.1) is 45.3 Å². The minimum atomic E-state index is 1.31. The van der Waals surface area contributed by atoms with E-state index in [4.69, 9.17) is 0 Å². The highest BCUT2D eigenvalue weighted by atomic mass is 32.1. The van der Waals surface area contributed by atoms with Gasteiger partial charge in [-0.3, -0.25) is 0 Å². The quantitative estimate of drug-likeness (QED) is 0.220. The Morgan fingerprint density at radius 2 is 0.735 bits per heavy atom. The second-order valence-electron chi connectivity index (χ2n) is 8.57. The molecule has 0 bridgehead atoms. The number of benzene rings is 4. The fourth-order valence-corrected chi connectivity index (χ4v) is 9.60. The zero-order valence-corrected chi connectivity index (χ0v) is 21.1. The standard InChI is InChI=1S/C30H16S4/c1-3-7-19-17(5-1)9-11-23-21(19)13-25(31-23)27-15-29-30(33-27)16-28(34-29)26-14-22-20-8-4-2-6-18(20)10-12-24(22)32-26/h1-16H. The molecule has 4 heteroatoms. The first-order valence-corrected chi connectivity index (χ1v) is 14.4. The summed E-state index contributed by atoms with van der Waals surface area (Å²) in [5.41, 5.74) is 0. The van der Waals surface area contributed by atoms with Crippen molar-refractivity contribution in [3.05, 3.63) is 97.1 Å². The highest BCUT2D eigenvalue weighted by Gasteiger charge is 2.15. The van der Waals surface area contributed by atoms with Crippen molar-refractivity contribution in [1.82, 2.24) is 0 Å². The van der Waals surface area contributed by atoms with Crippen molar-refractivity contribution in [3.8, 4) is 19.5 Å². The van der Waals surface area contributed by atoms with Gasteiger partial charge in [-0.25, -0.2) is 0 Å². The van der Waals surface area contributed by atoms with E-state index in [1.807, 2.05) is 45.3 Å². The van der Waals surface area contributed by atoms with Gasteiger partial charge in [0.1, 0.15) is 0 Å². The molecule has 0 atom stereocenters. The average molecular weight is 505 g/mol. The Morgan fingerprint density at radius 1 is 0.324 bits per heavy atom. The summed E-state index contributed by atoms with van der Waals surface area (Å²) < 4.78 is 5.51. The molecule has 34 heavy (non-hydrogen) atoms. The predicted octanol–water partition coefficient (Wildman–Crippen LogP) is 11.0. The van der Waals surface area contributed by atoms with Crippen LogP contribution in [0.2, 0.25) is 0 Å². The van der Waals surface area contributed by atoms with Crippen molar-refractivity contribution in [2.24, 2.45) is 0 Å². The zero-order valence-electron chi connectivity index (χ0n) is 17.9. The maximum Gasteiger partial charge on any atom is 0.0464 e. The molecule has 4 aromatic carbocycles. The molecule has 8 rings (SSSR count). The molecule has 8 aromatic rings. The summed E-state index contributed by atoms with van der Waals surface area (Å²) in [5.74, 6) is 0. The van der Waals surface area contributed by atoms with E-state index < -0.39 is 0 Å². The smallest absolute Gasteiger partial charge is 0.0464 e. The molecule has 160 valence electrons. The van der Waals surface area contributed by atoms with Gasteiger partial charge in [0.2, 0.25) is 0 Å². The fourth-order valence-electron chi connectivity index (χ4n) is 4.91. The normalized spacial score (nSPS) is 12.1. The monoisotopic (exact) mass is 504 g/mol. The first-order chi connectivity index (χ1) is 16.8. The molecule has 0 radical (unpaired) electrons. The van der Waals surface area contributed by atoms with Gasteiger partial charge in [-0.05, 0) is 57.9 Å². The van der Waals surface area contributed by atoms with Gasteiger partial charge in [-0.1, -0.05) is 60.7 Å². The van der Waals surface area contributed by atoms with Gasteiger partial charge >= 0.3 is 0 Å². The molecule has 0 unspecified atom stereocenters. The Morgan fingerprint density at radius 3 is 1.24 bits per heavy atom. The van der Waals surface area contributed by atoms with Crippen LogP contribution in [0.15, 0.2) is 97.1 Å². The second-order valence-corrected chi connectivity index (χ2v) is 12.9. The predicted molar refractivity (Wildman–Crippen MR) is 156 cm³/mol. The average Bonchev–Trinajstić information content (AvgIpc) is 3.64. The van der Waals surface area contributed by atoms with Crippen LogP contribution in [0.4, 0.5) is 0 Å². The summed E-state index contributed by atoms with van der Waals surface area (Å²) in [7, 11) is 0. The molecule has 0 spiro atoms. The van der Waals surface area contributed by atoms with E-state index in [0.29, 0.717) is 0 Å². The summed E-state index contributed by atoms with van der Waals surface area (Å²) in [6.45, 7) is 0. The summed E-state index contributed by atoms with van der Waals surface area (Å²) in [4.78, 5) is 5.49. The van der Waals surface area contributed by atoms with Gasteiger partial charge < -0.3 is 0 Å². The van der Waals surface area contributed by atoms with E-state index in [1.165, 1.54) is 70.6 Å². The summed E-state index contributed by atoms with van der Waals surface area (Å²) >= 11 is 7.65. The van der Waals surface area contributed by atoms with Gasteiger partial charge in [0.05, 0.1) is 0 Å². The number of fused-ring (bicyclic) bond motifs is 7. The van der Waals surface area contributed by atoms with E-state index in [-0.39, 0.29) is 0 Å².